The predicted molar refractivity (Wildman–Crippen MR) is 147 cm³/mol. The van der Waals surface area contributed by atoms with Gasteiger partial charge in [0.05, 0.1) is 24.6 Å². The van der Waals surface area contributed by atoms with Crippen LogP contribution in [-0.2, 0) is 4.74 Å². The molecule has 0 bridgehead atoms. The van der Waals surface area contributed by atoms with E-state index in [0.717, 1.165) is 65.3 Å². The number of benzene rings is 1. The van der Waals surface area contributed by atoms with E-state index in [-0.39, 0.29) is 0 Å². The molecule has 2 aliphatic heterocycles. The Kier molecular flexibility index (Phi) is 7.27. The van der Waals surface area contributed by atoms with Crippen molar-refractivity contribution in [2.75, 3.05) is 31.2 Å². The molecule has 1 fully saturated rings. The summed E-state index contributed by atoms with van der Waals surface area (Å²) in [4.78, 5) is 7.32. The van der Waals surface area contributed by atoms with E-state index < -0.39 is 6.10 Å². The average Bonchev–Trinajstić information content (AvgIpc) is 3.56. The molecular formula is C29H33BN4O2. The van der Waals surface area contributed by atoms with Crippen LogP contribution >= 0.6 is 0 Å². The maximum absolute atomic E-state index is 10.8. The second-order valence-corrected chi connectivity index (χ2v) is 9.82. The lowest BCUT2D eigenvalue weighted by atomic mass is 9.64. The van der Waals surface area contributed by atoms with Gasteiger partial charge in [0.15, 0.2) is 13.1 Å². The van der Waals surface area contributed by atoms with Crippen LogP contribution in [0.4, 0.5) is 5.69 Å². The van der Waals surface area contributed by atoms with E-state index >= 15 is 0 Å². The van der Waals surface area contributed by atoms with E-state index in [9.17, 15) is 5.11 Å². The highest BCUT2D eigenvalue weighted by molar-refractivity contribution is 6.67. The monoisotopic (exact) mass is 480 g/mol. The summed E-state index contributed by atoms with van der Waals surface area (Å²) >= 11 is 0. The molecule has 1 N–H and O–H groups in total. The van der Waals surface area contributed by atoms with Crippen molar-refractivity contribution >= 4 is 24.5 Å². The van der Waals surface area contributed by atoms with Gasteiger partial charge in [-0.25, -0.2) is 9.67 Å². The molecule has 36 heavy (non-hydrogen) atoms. The molecule has 184 valence electrons. The van der Waals surface area contributed by atoms with E-state index in [0.29, 0.717) is 26.4 Å². The topological polar surface area (TPSA) is 63.4 Å². The molecule has 0 aliphatic carbocycles. The smallest absolute Gasteiger partial charge is 0.197 e. The summed E-state index contributed by atoms with van der Waals surface area (Å²) in [5.74, 6) is 7.53. The highest BCUT2D eigenvalue weighted by Crippen LogP contribution is 2.26. The Balaban J connectivity index is 1.48. The first-order valence-electron chi connectivity index (χ1n) is 12.9. The Morgan fingerprint density at radius 1 is 1.19 bits per heavy atom. The number of hydrogen-bond acceptors (Lipinski definition) is 5. The van der Waals surface area contributed by atoms with E-state index in [1.807, 2.05) is 23.0 Å². The summed E-state index contributed by atoms with van der Waals surface area (Å²) in [6.45, 7) is 9.51. The van der Waals surface area contributed by atoms with Crippen molar-refractivity contribution in [3.8, 4) is 28.9 Å². The van der Waals surface area contributed by atoms with Gasteiger partial charge in [-0.15, -0.1) is 0 Å². The number of anilines is 1. The third-order valence-corrected chi connectivity index (χ3v) is 7.05. The molecule has 0 spiro atoms. The third-order valence-electron chi connectivity index (χ3n) is 7.05. The highest BCUT2D eigenvalue weighted by Gasteiger charge is 2.27. The van der Waals surface area contributed by atoms with Crippen LogP contribution in [0.2, 0.25) is 0 Å². The van der Waals surface area contributed by atoms with Crippen LogP contribution in [0.5, 0.6) is 0 Å². The van der Waals surface area contributed by atoms with Crippen LogP contribution in [0.25, 0.3) is 23.2 Å². The Morgan fingerprint density at radius 2 is 2.03 bits per heavy atom. The van der Waals surface area contributed by atoms with Gasteiger partial charge in [0.1, 0.15) is 6.10 Å². The van der Waals surface area contributed by atoms with E-state index in [4.69, 9.17) is 14.8 Å². The third kappa shape index (κ3) is 5.25. The van der Waals surface area contributed by atoms with Gasteiger partial charge in [0.25, 0.3) is 0 Å². The van der Waals surface area contributed by atoms with Crippen molar-refractivity contribution < 1.29 is 9.84 Å². The largest absolute Gasteiger partial charge is 0.378 e. The fraction of sp³-hybridized carbons (Fsp3) is 0.379. The maximum Gasteiger partial charge on any atom is 0.197 e. The predicted octanol–water partition coefficient (Wildman–Crippen LogP) is 3.30. The molecule has 0 amide bonds. The maximum atomic E-state index is 10.8. The Hall–Kier alpha value is -3.34. The highest BCUT2D eigenvalue weighted by atomic mass is 16.5. The van der Waals surface area contributed by atoms with Crippen molar-refractivity contribution in [3.05, 3.63) is 59.3 Å². The number of hydrogen-bond donors (Lipinski definition) is 1. The first-order valence-corrected chi connectivity index (χ1v) is 12.9. The van der Waals surface area contributed by atoms with Crippen LogP contribution in [0, 0.1) is 24.7 Å². The molecule has 2 aromatic heterocycles. The molecule has 4 heterocycles. The second-order valence-electron chi connectivity index (χ2n) is 9.82. The molecule has 0 radical (unpaired) electrons. The van der Waals surface area contributed by atoms with Crippen LogP contribution < -0.4 is 10.4 Å². The molecule has 1 saturated heterocycles. The zero-order valence-electron chi connectivity index (χ0n) is 21.4. The van der Waals surface area contributed by atoms with Gasteiger partial charge in [-0.2, -0.15) is 5.10 Å². The van der Waals surface area contributed by atoms with Crippen LogP contribution in [-0.4, -0.2) is 59.6 Å². The summed E-state index contributed by atoms with van der Waals surface area (Å²) in [7, 11) is 0.655. The molecule has 3 aromatic rings. The molecule has 5 rings (SSSR count). The van der Waals surface area contributed by atoms with Gasteiger partial charge < -0.3 is 14.7 Å². The van der Waals surface area contributed by atoms with E-state index in [1.54, 1.807) is 0 Å². The number of ether oxygens (including phenoxy) is 1. The van der Waals surface area contributed by atoms with Crippen molar-refractivity contribution in [2.45, 2.75) is 39.7 Å². The van der Waals surface area contributed by atoms with Crippen LogP contribution in [0.1, 0.15) is 37.9 Å². The van der Waals surface area contributed by atoms with E-state index in [1.165, 1.54) is 5.56 Å². The summed E-state index contributed by atoms with van der Waals surface area (Å²) < 4.78 is 7.45. The number of aryl methyl sites for hydroxylation is 1. The van der Waals surface area contributed by atoms with Gasteiger partial charge in [-0.05, 0) is 36.5 Å². The van der Waals surface area contributed by atoms with Gasteiger partial charge in [-0.1, -0.05) is 61.3 Å². The Labute approximate surface area is 214 Å². The van der Waals surface area contributed by atoms with E-state index in [2.05, 4.69) is 67.8 Å². The molecule has 0 saturated carbocycles. The molecule has 7 heteroatoms. The number of aromatic nitrogens is 3. The molecular weight excluding hydrogens is 447 g/mol. The van der Waals surface area contributed by atoms with Crippen LogP contribution in [0.15, 0.2) is 48.1 Å². The minimum Gasteiger partial charge on any atom is -0.378 e. The summed E-state index contributed by atoms with van der Waals surface area (Å²) in [6.07, 6.45) is 5.09. The summed E-state index contributed by atoms with van der Waals surface area (Å²) in [5.41, 5.74) is 7.28. The lowest BCUT2D eigenvalue weighted by Crippen LogP contribution is -2.40. The molecule has 2 atom stereocenters. The Morgan fingerprint density at radius 3 is 2.81 bits per heavy atom. The van der Waals surface area contributed by atoms with Crippen molar-refractivity contribution in [3.63, 3.8) is 0 Å². The van der Waals surface area contributed by atoms with Gasteiger partial charge in [-0.3, -0.25) is 0 Å². The lowest BCUT2D eigenvalue weighted by Gasteiger charge is -2.31. The van der Waals surface area contributed by atoms with Gasteiger partial charge in [0.2, 0.25) is 0 Å². The Bertz CT molecular complexity index is 1330. The minimum absolute atomic E-state index is 0.537. The second kappa shape index (κ2) is 10.7. The molecule has 6 nitrogen and oxygen atoms in total. The quantitative estimate of drug-likeness (QED) is 0.434. The fourth-order valence-corrected chi connectivity index (χ4v) is 4.65. The summed E-state index contributed by atoms with van der Waals surface area (Å²) in [6, 6.07) is 12.5. The van der Waals surface area contributed by atoms with Crippen molar-refractivity contribution in [1.82, 2.24) is 14.8 Å². The van der Waals surface area contributed by atoms with Crippen LogP contribution in [0.3, 0.4) is 0 Å². The van der Waals surface area contributed by atoms with Crippen molar-refractivity contribution in [1.29, 1.82) is 0 Å². The standard InChI is InChI=1S/C29H33BN4O2/c1-4-20(2)7-6-10-27(35)23-18-25-29(30-23)26(33-13-15-36-16-14-33)19-28(31-25)34-12-11-24(32-34)22-9-5-8-21(3)17-22/h5,8-9,11-12,17-20,27,30,35H,4,7,13-16H2,1-3H3. The number of pyridine rings is 1. The number of morpholine rings is 1. The molecule has 1 aromatic carbocycles. The first kappa shape index (κ1) is 24.4. The zero-order valence-corrected chi connectivity index (χ0v) is 21.4. The molecule has 2 unspecified atom stereocenters. The number of aliphatic hydroxyl groups is 1. The average molecular weight is 480 g/mol. The van der Waals surface area contributed by atoms with Crippen molar-refractivity contribution in [2.24, 2.45) is 5.92 Å². The minimum atomic E-state index is -0.776. The number of nitrogens with zero attached hydrogens (tertiary/aromatic N) is 4. The zero-order chi connectivity index (χ0) is 25.1. The number of rotatable bonds is 6. The summed E-state index contributed by atoms with van der Waals surface area (Å²) in [5, 5.41) is 15.7. The number of aliphatic hydroxyl groups excluding tert-OH is 1. The van der Waals surface area contributed by atoms with Gasteiger partial charge >= 0.3 is 0 Å². The number of fused-ring (bicyclic) bond motifs is 1. The first-order chi connectivity index (χ1) is 17.5. The fourth-order valence-electron chi connectivity index (χ4n) is 4.65. The SMILES string of the molecule is CCC(C)CC#CC(O)C1=Cc2nc(-n3ccc(-c4cccc(C)c4)n3)cc(N3CCOCC3)c2B1. The molecule has 2 aliphatic rings. The lowest BCUT2D eigenvalue weighted by molar-refractivity contribution is 0.123. The van der Waals surface area contributed by atoms with Gasteiger partial charge in [0, 0.05) is 43.0 Å². The normalized spacial score (nSPS) is 16.4.